The lowest BCUT2D eigenvalue weighted by Gasteiger charge is -2.24. The van der Waals surface area contributed by atoms with Crippen LogP contribution in [0, 0.1) is 0 Å². The number of likely N-dealkylation sites (N-methyl/N-ethyl adjacent to an activating group) is 1. The van der Waals surface area contributed by atoms with Gasteiger partial charge in [-0.3, -0.25) is 0 Å². The fourth-order valence-electron chi connectivity index (χ4n) is 2.25. The first-order valence-electron chi connectivity index (χ1n) is 6.15. The van der Waals surface area contributed by atoms with Crippen LogP contribution in [0.4, 0.5) is 0 Å². The highest BCUT2D eigenvalue weighted by Crippen LogP contribution is 2.21. The maximum absolute atomic E-state index is 5.95. The zero-order chi connectivity index (χ0) is 12.5. The molecule has 2 aromatic rings. The molecule has 0 fully saturated rings. The first kappa shape index (κ1) is 10.9. The van der Waals surface area contributed by atoms with Gasteiger partial charge < -0.3 is 15.2 Å². The highest BCUT2D eigenvalue weighted by molar-refractivity contribution is 5.88. The second-order valence-corrected chi connectivity index (χ2v) is 4.32. The lowest BCUT2D eigenvalue weighted by Crippen LogP contribution is -2.39. The number of nitrogens with two attached hydrogens (primary N) is 1. The van der Waals surface area contributed by atoms with Crippen molar-refractivity contribution in [2.75, 3.05) is 13.1 Å². The van der Waals surface area contributed by atoms with E-state index in [0.717, 1.165) is 24.4 Å². The van der Waals surface area contributed by atoms with E-state index >= 15 is 0 Å². The summed E-state index contributed by atoms with van der Waals surface area (Å²) in [6.45, 7) is 3.77. The minimum Gasteiger partial charge on any atom is -0.369 e. The lowest BCUT2D eigenvalue weighted by molar-refractivity contribution is 0.477. The summed E-state index contributed by atoms with van der Waals surface area (Å²) in [7, 11) is 0. The number of fused-ring (bicyclic) bond motifs is 1. The van der Waals surface area contributed by atoms with Gasteiger partial charge in [-0.15, -0.1) is 0 Å². The first-order valence-corrected chi connectivity index (χ1v) is 6.15. The summed E-state index contributed by atoms with van der Waals surface area (Å²) < 4.78 is 2.08. The van der Waals surface area contributed by atoms with Crippen molar-refractivity contribution < 1.29 is 0 Å². The molecule has 0 radical (unpaired) electrons. The SMILES string of the molecule is CCN1CC=C(n2ccc3ccccc32)N=C1N. The van der Waals surface area contributed by atoms with E-state index in [1.165, 1.54) is 5.39 Å². The Kier molecular flexibility index (Phi) is 2.55. The van der Waals surface area contributed by atoms with Crippen LogP contribution in [0.2, 0.25) is 0 Å². The van der Waals surface area contributed by atoms with E-state index in [-0.39, 0.29) is 0 Å². The topological polar surface area (TPSA) is 46.5 Å². The summed E-state index contributed by atoms with van der Waals surface area (Å²) in [5.74, 6) is 1.49. The molecule has 4 nitrogen and oxygen atoms in total. The first-order chi connectivity index (χ1) is 8.79. The molecule has 0 saturated carbocycles. The van der Waals surface area contributed by atoms with Gasteiger partial charge in [0.1, 0.15) is 5.82 Å². The molecule has 18 heavy (non-hydrogen) atoms. The predicted octanol–water partition coefficient (Wildman–Crippen LogP) is 2.09. The third kappa shape index (κ3) is 1.66. The number of aliphatic imine (C=N–C) groups is 1. The van der Waals surface area contributed by atoms with Crippen molar-refractivity contribution in [2.45, 2.75) is 6.92 Å². The minimum atomic E-state index is 0.591. The van der Waals surface area contributed by atoms with Crippen LogP contribution in [0.1, 0.15) is 6.92 Å². The van der Waals surface area contributed by atoms with E-state index in [9.17, 15) is 0 Å². The Morgan fingerprint density at radius 1 is 1.28 bits per heavy atom. The molecule has 4 heteroatoms. The molecule has 1 aliphatic heterocycles. The number of nitrogens with zero attached hydrogens (tertiary/aromatic N) is 3. The van der Waals surface area contributed by atoms with E-state index < -0.39 is 0 Å². The summed E-state index contributed by atoms with van der Waals surface area (Å²) >= 11 is 0. The van der Waals surface area contributed by atoms with Crippen LogP contribution in [0.15, 0.2) is 47.6 Å². The van der Waals surface area contributed by atoms with Gasteiger partial charge in [-0.25, -0.2) is 0 Å². The Hall–Kier alpha value is -2.23. The van der Waals surface area contributed by atoms with Crippen molar-refractivity contribution in [1.82, 2.24) is 9.47 Å². The smallest absolute Gasteiger partial charge is 0.198 e. The van der Waals surface area contributed by atoms with Gasteiger partial charge in [-0.05, 0) is 30.5 Å². The summed E-state index contributed by atoms with van der Waals surface area (Å²) in [5, 5.41) is 1.21. The molecule has 0 bridgehead atoms. The molecule has 3 rings (SSSR count). The fourth-order valence-corrected chi connectivity index (χ4v) is 2.25. The van der Waals surface area contributed by atoms with E-state index in [2.05, 4.69) is 40.8 Å². The van der Waals surface area contributed by atoms with Crippen LogP contribution in [0.25, 0.3) is 16.7 Å². The normalized spacial score (nSPS) is 15.7. The van der Waals surface area contributed by atoms with Crippen molar-refractivity contribution in [3.63, 3.8) is 0 Å². The van der Waals surface area contributed by atoms with Crippen LogP contribution in [0.5, 0.6) is 0 Å². The van der Waals surface area contributed by atoms with Gasteiger partial charge in [-0.2, -0.15) is 4.99 Å². The molecule has 92 valence electrons. The molecule has 0 unspecified atom stereocenters. The molecule has 1 aromatic heterocycles. The van der Waals surface area contributed by atoms with Crippen LogP contribution >= 0.6 is 0 Å². The highest BCUT2D eigenvalue weighted by atomic mass is 15.3. The molecule has 2 heterocycles. The standard InChI is InChI=1S/C14H16N4/c1-2-17-9-8-13(16-14(17)15)18-10-7-11-5-3-4-6-12(11)18/h3-8,10H,2,9H2,1H3,(H2,15,16). The Labute approximate surface area is 106 Å². The molecular weight excluding hydrogens is 224 g/mol. The van der Waals surface area contributed by atoms with Gasteiger partial charge in [0, 0.05) is 19.3 Å². The molecule has 0 amide bonds. The number of hydrogen-bond donors (Lipinski definition) is 1. The molecular formula is C14H16N4. The van der Waals surface area contributed by atoms with Crippen molar-refractivity contribution in [3.8, 4) is 0 Å². The van der Waals surface area contributed by atoms with E-state index in [4.69, 9.17) is 5.73 Å². The number of para-hydroxylation sites is 1. The quantitative estimate of drug-likeness (QED) is 0.873. The molecule has 0 atom stereocenters. The monoisotopic (exact) mass is 240 g/mol. The summed E-state index contributed by atoms with van der Waals surface area (Å²) in [6.07, 6.45) is 4.14. The van der Waals surface area contributed by atoms with Gasteiger partial charge in [0.05, 0.1) is 5.52 Å². The molecule has 1 aromatic carbocycles. The Morgan fingerprint density at radius 2 is 2.11 bits per heavy atom. The average Bonchev–Trinajstić information content (AvgIpc) is 2.82. The maximum Gasteiger partial charge on any atom is 0.198 e. The molecule has 0 spiro atoms. The molecule has 1 aliphatic rings. The van der Waals surface area contributed by atoms with Crippen molar-refractivity contribution >= 4 is 22.7 Å². The van der Waals surface area contributed by atoms with Gasteiger partial charge in [0.2, 0.25) is 0 Å². The number of rotatable bonds is 2. The van der Waals surface area contributed by atoms with Crippen LogP contribution < -0.4 is 5.73 Å². The number of benzene rings is 1. The number of hydrogen-bond acceptors (Lipinski definition) is 3. The zero-order valence-electron chi connectivity index (χ0n) is 10.4. The summed E-state index contributed by atoms with van der Waals surface area (Å²) in [5.41, 5.74) is 7.11. The van der Waals surface area contributed by atoms with E-state index in [1.54, 1.807) is 0 Å². The fraction of sp³-hybridized carbons (Fsp3) is 0.214. The third-order valence-corrected chi connectivity index (χ3v) is 3.28. The number of aromatic nitrogens is 1. The second-order valence-electron chi connectivity index (χ2n) is 4.32. The van der Waals surface area contributed by atoms with Crippen molar-refractivity contribution in [3.05, 3.63) is 42.6 Å². The maximum atomic E-state index is 5.95. The molecule has 2 N–H and O–H groups in total. The highest BCUT2D eigenvalue weighted by Gasteiger charge is 2.13. The van der Waals surface area contributed by atoms with E-state index in [0.29, 0.717) is 5.96 Å². The Balaban J connectivity index is 2.04. The number of guanidine groups is 1. The van der Waals surface area contributed by atoms with Gasteiger partial charge in [0.25, 0.3) is 0 Å². The van der Waals surface area contributed by atoms with Crippen LogP contribution in [-0.2, 0) is 0 Å². The van der Waals surface area contributed by atoms with Crippen LogP contribution in [0.3, 0.4) is 0 Å². The average molecular weight is 240 g/mol. The Bertz CT molecular complexity index is 636. The second kappa shape index (κ2) is 4.22. The summed E-state index contributed by atoms with van der Waals surface area (Å²) in [4.78, 5) is 6.51. The van der Waals surface area contributed by atoms with Gasteiger partial charge in [-0.1, -0.05) is 18.2 Å². The van der Waals surface area contributed by atoms with Crippen molar-refractivity contribution in [1.29, 1.82) is 0 Å². The molecule has 0 saturated heterocycles. The predicted molar refractivity (Wildman–Crippen MR) is 75.1 cm³/mol. The molecule has 0 aliphatic carbocycles. The van der Waals surface area contributed by atoms with E-state index in [1.807, 2.05) is 23.2 Å². The summed E-state index contributed by atoms with van der Waals surface area (Å²) in [6, 6.07) is 10.4. The zero-order valence-corrected chi connectivity index (χ0v) is 10.4. The van der Waals surface area contributed by atoms with Gasteiger partial charge >= 0.3 is 0 Å². The van der Waals surface area contributed by atoms with Crippen LogP contribution in [-0.4, -0.2) is 28.5 Å². The lowest BCUT2D eigenvalue weighted by atomic mass is 10.2. The minimum absolute atomic E-state index is 0.591. The Morgan fingerprint density at radius 3 is 2.89 bits per heavy atom. The van der Waals surface area contributed by atoms with Gasteiger partial charge in [0.15, 0.2) is 5.96 Å². The third-order valence-electron chi connectivity index (χ3n) is 3.28. The van der Waals surface area contributed by atoms with Crippen molar-refractivity contribution in [2.24, 2.45) is 10.7 Å². The largest absolute Gasteiger partial charge is 0.369 e.